The number of hydrogen-bond acceptors (Lipinski definition) is 5. The van der Waals surface area contributed by atoms with Gasteiger partial charge in [-0.25, -0.2) is 4.79 Å². The first kappa shape index (κ1) is 23.8. The minimum absolute atomic E-state index is 0.0786. The molecule has 4 amide bonds. The summed E-state index contributed by atoms with van der Waals surface area (Å²) in [7, 11) is 3.34. The number of carbonyl (C=O) groups excluding carboxylic acids is 3. The van der Waals surface area contributed by atoms with E-state index in [2.05, 4.69) is 16.0 Å². The Morgan fingerprint density at radius 2 is 1.79 bits per heavy atom. The average Bonchev–Trinajstić information content (AvgIpc) is 2.83. The molecule has 0 spiro atoms. The van der Waals surface area contributed by atoms with Crippen LogP contribution in [-0.4, -0.2) is 61.7 Å². The quantitative estimate of drug-likeness (QED) is 0.613. The standard InChI is InChI=1S/C24H27ClN4O5/c1-26-22(30)12-17-8-9-19-21(34-17)13-33-20-10-7-16(11-18(20)23(31)29(19)2)28-24(32)27-15-5-3-14(25)4-6-15/h3-7,10-11,17,19,21H,8-9,12-13H2,1-2H3,(H,26,30)(H2,27,28,32)/t17-,19+,21-/m1/s1. The van der Waals surface area contributed by atoms with Crippen molar-refractivity contribution in [3.05, 3.63) is 53.1 Å². The van der Waals surface area contributed by atoms with E-state index in [-0.39, 0.29) is 43.1 Å². The fourth-order valence-corrected chi connectivity index (χ4v) is 4.37. The Hall–Kier alpha value is -3.30. The number of benzene rings is 2. The molecule has 10 heteroatoms. The van der Waals surface area contributed by atoms with Crippen LogP contribution in [0.4, 0.5) is 16.2 Å². The summed E-state index contributed by atoms with van der Waals surface area (Å²) in [5.41, 5.74) is 1.40. The Balaban J connectivity index is 1.46. The Bertz CT molecular complexity index is 1080. The number of anilines is 2. The fraction of sp³-hybridized carbons (Fsp3) is 0.375. The molecule has 3 atom stereocenters. The van der Waals surface area contributed by atoms with Crippen molar-refractivity contribution in [1.82, 2.24) is 10.2 Å². The Kier molecular flexibility index (Phi) is 7.23. The van der Waals surface area contributed by atoms with Gasteiger partial charge in [0.1, 0.15) is 18.5 Å². The fourth-order valence-electron chi connectivity index (χ4n) is 4.24. The summed E-state index contributed by atoms with van der Waals surface area (Å²) in [6.07, 6.45) is 1.10. The molecule has 9 nitrogen and oxygen atoms in total. The van der Waals surface area contributed by atoms with Gasteiger partial charge in [-0.1, -0.05) is 11.6 Å². The molecule has 1 saturated heterocycles. The molecule has 2 aliphatic heterocycles. The van der Waals surface area contributed by atoms with Crippen LogP contribution in [0.2, 0.25) is 5.02 Å². The predicted molar refractivity (Wildman–Crippen MR) is 128 cm³/mol. The molecular formula is C24H27ClN4O5. The summed E-state index contributed by atoms with van der Waals surface area (Å²) in [5, 5.41) is 8.65. The van der Waals surface area contributed by atoms with Gasteiger partial charge in [-0.2, -0.15) is 0 Å². The van der Waals surface area contributed by atoms with Gasteiger partial charge in [0.05, 0.1) is 24.1 Å². The molecule has 0 saturated carbocycles. The highest BCUT2D eigenvalue weighted by atomic mass is 35.5. The van der Waals surface area contributed by atoms with Crippen LogP contribution in [0.3, 0.4) is 0 Å². The highest BCUT2D eigenvalue weighted by molar-refractivity contribution is 6.30. The molecule has 2 aromatic carbocycles. The molecule has 0 unspecified atom stereocenters. The number of amides is 4. The molecule has 1 fully saturated rings. The molecule has 0 aromatic heterocycles. The number of halogens is 1. The van der Waals surface area contributed by atoms with E-state index in [1.807, 2.05) is 0 Å². The van der Waals surface area contributed by atoms with Crippen molar-refractivity contribution in [2.24, 2.45) is 0 Å². The highest BCUT2D eigenvalue weighted by Gasteiger charge is 2.39. The lowest BCUT2D eigenvalue weighted by molar-refractivity contribution is -0.133. The number of nitrogens with zero attached hydrogens (tertiary/aromatic N) is 1. The zero-order chi connectivity index (χ0) is 24.2. The topological polar surface area (TPSA) is 109 Å². The SMILES string of the molecule is CNC(=O)C[C@H]1CC[C@H]2[C@@H](COc3ccc(NC(=O)Nc4ccc(Cl)cc4)cc3C(=O)N2C)O1. The van der Waals surface area contributed by atoms with E-state index in [9.17, 15) is 14.4 Å². The average molecular weight is 487 g/mol. The lowest BCUT2D eigenvalue weighted by Crippen LogP contribution is -2.53. The summed E-state index contributed by atoms with van der Waals surface area (Å²) < 4.78 is 12.1. The van der Waals surface area contributed by atoms with Crippen LogP contribution < -0.4 is 20.7 Å². The number of likely N-dealkylation sites (N-methyl/N-ethyl adjacent to an activating group) is 1. The van der Waals surface area contributed by atoms with Gasteiger partial charge in [0, 0.05) is 30.5 Å². The number of urea groups is 1. The van der Waals surface area contributed by atoms with Crippen LogP contribution in [0.25, 0.3) is 0 Å². The molecule has 2 heterocycles. The molecule has 0 aliphatic carbocycles. The van der Waals surface area contributed by atoms with Crippen molar-refractivity contribution in [2.45, 2.75) is 37.5 Å². The van der Waals surface area contributed by atoms with Crippen molar-refractivity contribution in [2.75, 3.05) is 31.3 Å². The molecule has 2 aliphatic rings. The van der Waals surface area contributed by atoms with Gasteiger partial charge in [0.2, 0.25) is 5.91 Å². The highest BCUT2D eigenvalue weighted by Crippen LogP contribution is 2.32. The zero-order valence-corrected chi connectivity index (χ0v) is 19.7. The molecule has 0 radical (unpaired) electrons. The second-order valence-corrected chi connectivity index (χ2v) is 8.78. The third-order valence-electron chi connectivity index (χ3n) is 6.06. The van der Waals surface area contributed by atoms with Crippen molar-refractivity contribution >= 4 is 40.8 Å². The number of nitrogens with one attached hydrogen (secondary N) is 3. The second-order valence-electron chi connectivity index (χ2n) is 8.34. The molecule has 0 bridgehead atoms. The normalized spacial score (nSPS) is 21.8. The molecular weight excluding hydrogens is 460 g/mol. The summed E-state index contributed by atoms with van der Waals surface area (Å²) in [6.45, 7) is 0.253. The van der Waals surface area contributed by atoms with Crippen LogP contribution in [0, 0.1) is 0 Å². The van der Waals surface area contributed by atoms with Crippen LogP contribution in [0.15, 0.2) is 42.5 Å². The minimum atomic E-state index is -0.447. The zero-order valence-electron chi connectivity index (χ0n) is 19.0. The van der Waals surface area contributed by atoms with Crippen molar-refractivity contribution in [3.8, 4) is 5.75 Å². The second kappa shape index (κ2) is 10.3. The van der Waals surface area contributed by atoms with Gasteiger partial charge >= 0.3 is 6.03 Å². The summed E-state index contributed by atoms with van der Waals surface area (Å²) in [5.74, 6) is 0.112. The Labute approximate surface area is 202 Å². The molecule has 2 aromatic rings. The van der Waals surface area contributed by atoms with Crippen LogP contribution in [0.1, 0.15) is 29.6 Å². The van der Waals surface area contributed by atoms with E-state index in [0.717, 1.165) is 0 Å². The van der Waals surface area contributed by atoms with E-state index in [4.69, 9.17) is 21.1 Å². The van der Waals surface area contributed by atoms with Crippen LogP contribution in [-0.2, 0) is 9.53 Å². The maximum Gasteiger partial charge on any atom is 0.323 e. The van der Waals surface area contributed by atoms with Crippen LogP contribution >= 0.6 is 11.6 Å². The van der Waals surface area contributed by atoms with E-state index in [1.165, 1.54) is 0 Å². The number of hydrogen-bond donors (Lipinski definition) is 3. The van der Waals surface area contributed by atoms with E-state index < -0.39 is 6.03 Å². The Morgan fingerprint density at radius 3 is 2.53 bits per heavy atom. The van der Waals surface area contributed by atoms with Gasteiger partial charge in [0.15, 0.2) is 0 Å². The molecule has 180 valence electrons. The Morgan fingerprint density at radius 1 is 1.09 bits per heavy atom. The predicted octanol–water partition coefficient (Wildman–Crippen LogP) is 3.50. The maximum atomic E-state index is 13.3. The molecule has 3 N–H and O–H groups in total. The lowest BCUT2D eigenvalue weighted by Gasteiger charge is -2.42. The number of carbonyl (C=O) groups is 3. The van der Waals surface area contributed by atoms with Gasteiger partial charge in [-0.3, -0.25) is 9.59 Å². The minimum Gasteiger partial charge on any atom is -0.490 e. The van der Waals surface area contributed by atoms with E-state index in [0.29, 0.717) is 40.6 Å². The van der Waals surface area contributed by atoms with Crippen LogP contribution in [0.5, 0.6) is 5.75 Å². The number of fused-ring (bicyclic) bond motifs is 2. The largest absolute Gasteiger partial charge is 0.490 e. The monoisotopic (exact) mass is 486 g/mol. The third-order valence-corrected chi connectivity index (χ3v) is 6.32. The first-order valence-electron chi connectivity index (χ1n) is 11.1. The summed E-state index contributed by atoms with van der Waals surface area (Å²) in [4.78, 5) is 39.1. The van der Waals surface area contributed by atoms with Gasteiger partial charge < -0.3 is 30.3 Å². The first-order valence-corrected chi connectivity index (χ1v) is 11.5. The summed E-state index contributed by atoms with van der Waals surface area (Å²) in [6, 6.07) is 11.0. The lowest BCUT2D eigenvalue weighted by atomic mass is 9.94. The summed E-state index contributed by atoms with van der Waals surface area (Å²) >= 11 is 5.87. The smallest absolute Gasteiger partial charge is 0.323 e. The number of ether oxygens (including phenoxy) is 2. The van der Waals surface area contributed by atoms with Crippen molar-refractivity contribution in [3.63, 3.8) is 0 Å². The van der Waals surface area contributed by atoms with E-state index in [1.54, 1.807) is 61.5 Å². The van der Waals surface area contributed by atoms with Gasteiger partial charge in [0.25, 0.3) is 5.91 Å². The first-order chi connectivity index (χ1) is 16.3. The van der Waals surface area contributed by atoms with Gasteiger partial charge in [-0.05, 0) is 55.3 Å². The van der Waals surface area contributed by atoms with Crippen molar-refractivity contribution < 1.29 is 23.9 Å². The van der Waals surface area contributed by atoms with Crippen molar-refractivity contribution in [1.29, 1.82) is 0 Å². The van der Waals surface area contributed by atoms with E-state index >= 15 is 0 Å². The number of rotatable bonds is 4. The maximum absolute atomic E-state index is 13.3. The molecule has 4 rings (SSSR count). The molecule has 34 heavy (non-hydrogen) atoms. The van der Waals surface area contributed by atoms with Gasteiger partial charge in [-0.15, -0.1) is 0 Å². The third kappa shape index (κ3) is 5.43.